The molecule has 0 radical (unpaired) electrons. The van der Waals surface area contributed by atoms with Gasteiger partial charge in [0, 0.05) is 45.0 Å². The molecular formula is C20H25N5O3. The molecule has 0 aliphatic carbocycles. The summed E-state index contributed by atoms with van der Waals surface area (Å²) in [6.45, 7) is 4.33. The Hall–Kier alpha value is -2.87. The van der Waals surface area contributed by atoms with Crippen LogP contribution in [-0.4, -0.2) is 82.2 Å². The average Bonchev–Trinajstić information content (AvgIpc) is 3.18. The van der Waals surface area contributed by atoms with Crippen LogP contribution in [0.1, 0.15) is 12.5 Å². The van der Waals surface area contributed by atoms with Crippen molar-refractivity contribution in [2.45, 2.75) is 25.6 Å². The highest BCUT2D eigenvalue weighted by molar-refractivity contribution is 5.96. The summed E-state index contributed by atoms with van der Waals surface area (Å²) in [6.07, 6.45) is 3.81. The Kier molecular flexibility index (Phi) is 4.80. The minimum atomic E-state index is -0.397. The number of rotatable bonds is 4. The fourth-order valence-electron chi connectivity index (χ4n) is 3.94. The normalized spacial score (nSPS) is 23.1. The SMILES string of the molecule is COc1ccccc1-n1cc(CN2CCN3C(=O)[C@H](C)N(C)C(=O)[C@H]3C2)cn1. The monoisotopic (exact) mass is 383 g/mol. The van der Waals surface area contributed by atoms with Crippen LogP contribution in [0.25, 0.3) is 5.69 Å². The van der Waals surface area contributed by atoms with Crippen LogP contribution < -0.4 is 4.74 Å². The average molecular weight is 383 g/mol. The van der Waals surface area contributed by atoms with Crippen molar-refractivity contribution in [2.24, 2.45) is 0 Å². The van der Waals surface area contributed by atoms with Gasteiger partial charge in [-0.25, -0.2) is 4.68 Å². The zero-order chi connectivity index (χ0) is 19.8. The molecule has 2 saturated heterocycles. The van der Waals surface area contributed by atoms with Crippen LogP contribution in [0.15, 0.2) is 36.7 Å². The number of methoxy groups -OCH3 is 1. The number of ether oxygens (including phenoxy) is 1. The number of hydrogen-bond donors (Lipinski definition) is 0. The maximum Gasteiger partial charge on any atom is 0.247 e. The molecule has 0 spiro atoms. The number of hydrogen-bond acceptors (Lipinski definition) is 5. The lowest BCUT2D eigenvalue weighted by Crippen LogP contribution is -2.68. The van der Waals surface area contributed by atoms with Crippen molar-refractivity contribution < 1.29 is 14.3 Å². The molecule has 2 aliphatic heterocycles. The Morgan fingerprint density at radius 3 is 2.75 bits per heavy atom. The first-order valence-electron chi connectivity index (χ1n) is 9.46. The maximum absolute atomic E-state index is 12.6. The molecule has 4 rings (SSSR count). The van der Waals surface area contributed by atoms with E-state index in [1.54, 1.807) is 35.6 Å². The third kappa shape index (κ3) is 3.13. The molecule has 2 aliphatic rings. The number of carbonyl (C=O) groups is 2. The van der Waals surface area contributed by atoms with E-state index in [-0.39, 0.29) is 17.9 Å². The van der Waals surface area contributed by atoms with Crippen LogP contribution in [0.5, 0.6) is 5.75 Å². The van der Waals surface area contributed by atoms with E-state index in [0.29, 0.717) is 19.6 Å². The summed E-state index contributed by atoms with van der Waals surface area (Å²) in [5, 5.41) is 4.46. The second-order valence-corrected chi connectivity index (χ2v) is 7.37. The van der Waals surface area contributed by atoms with Crippen molar-refractivity contribution >= 4 is 11.8 Å². The fraction of sp³-hybridized carbons (Fsp3) is 0.450. The molecule has 0 saturated carbocycles. The molecule has 2 atom stereocenters. The smallest absolute Gasteiger partial charge is 0.247 e. The summed E-state index contributed by atoms with van der Waals surface area (Å²) in [5.41, 5.74) is 1.93. The molecule has 8 nitrogen and oxygen atoms in total. The zero-order valence-electron chi connectivity index (χ0n) is 16.4. The molecule has 0 N–H and O–H groups in total. The van der Waals surface area contributed by atoms with Gasteiger partial charge >= 0.3 is 0 Å². The van der Waals surface area contributed by atoms with Crippen molar-refractivity contribution in [3.05, 3.63) is 42.2 Å². The number of likely N-dealkylation sites (N-methyl/N-ethyl adjacent to an activating group) is 1. The van der Waals surface area contributed by atoms with Crippen LogP contribution in [0.2, 0.25) is 0 Å². The van der Waals surface area contributed by atoms with Gasteiger partial charge in [-0.15, -0.1) is 0 Å². The van der Waals surface area contributed by atoms with Gasteiger partial charge in [-0.2, -0.15) is 5.10 Å². The number of para-hydroxylation sites is 2. The second-order valence-electron chi connectivity index (χ2n) is 7.37. The van der Waals surface area contributed by atoms with Gasteiger partial charge in [-0.05, 0) is 19.1 Å². The van der Waals surface area contributed by atoms with E-state index in [4.69, 9.17) is 4.74 Å². The first-order valence-corrected chi connectivity index (χ1v) is 9.46. The number of piperazine rings is 2. The van der Waals surface area contributed by atoms with E-state index >= 15 is 0 Å². The molecular weight excluding hydrogens is 358 g/mol. The number of carbonyl (C=O) groups excluding carboxylic acids is 2. The standard InChI is InChI=1S/C20H25N5O3/c1-14-19(26)24-9-8-23(13-17(24)20(27)22(14)2)11-15-10-21-25(12-15)16-6-4-5-7-18(16)28-3/h4-7,10,12,14,17H,8-9,11,13H2,1-3H3/t14-,17+/m0/s1. The van der Waals surface area contributed by atoms with E-state index in [0.717, 1.165) is 23.5 Å². The summed E-state index contributed by atoms with van der Waals surface area (Å²) >= 11 is 0. The Bertz CT molecular complexity index is 895. The highest BCUT2D eigenvalue weighted by Crippen LogP contribution is 2.24. The van der Waals surface area contributed by atoms with Gasteiger partial charge in [0.05, 0.1) is 13.3 Å². The largest absolute Gasteiger partial charge is 0.494 e. The van der Waals surface area contributed by atoms with Gasteiger partial charge in [0.1, 0.15) is 23.5 Å². The molecule has 1 aromatic carbocycles. The van der Waals surface area contributed by atoms with Crippen molar-refractivity contribution in [1.82, 2.24) is 24.5 Å². The lowest BCUT2D eigenvalue weighted by Gasteiger charge is -2.47. The van der Waals surface area contributed by atoms with E-state index in [9.17, 15) is 9.59 Å². The number of amides is 2. The maximum atomic E-state index is 12.6. The minimum absolute atomic E-state index is 0.0153. The molecule has 8 heteroatoms. The topological polar surface area (TPSA) is 70.9 Å². The Morgan fingerprint density at radius 1 is 1.18 bits per heavy atom. The molecule has 2 amide bonds. The predicted octanol–water partition coefficient (Wildman–Crippen LogP) is 0.754. The van der Waals surface area contributed by atoms with Crippen LogP contribution in [-0.2, 0) is 16.1 Å². The lowest BCUT2D eigenvalue weighted by atomic mass is 10.0. The summed E-state index contributed by atoms with van der Waals surface area (Å²) in [4.78, 5) is 30.6. The van der Waals surface area contributed by atoms with Gasteiger partial charge < -0.3 is 14.5 Å². The van der Waals surface area contributed by atoms with E-state index in [1.165, 1.54) is 0 Å². The highest BCUT2D eigenvalue weighted by atomic mass is 16.5. The Balaban J connectivity index is 1.47. The van der Waals surface area contributed by atoms with Gasteiger partial charge in [0.15, 0.2) is 0 Å². The first-order chi connectivity index (χ1) is 13.5. The number of nitrogens with zero attached hydrogens (tertiary/aromatic N) is 5. The van der Waals surface area contributed by atoms with Gasteiger partial charge in [-0.1, -0.05) is 12.1 Å². The van der Waals surface area contributed by atoms with Crippen LogP contribution in [0.3, 0.4) is 0 Å². The molecule has 2 aromatic rings. The summed E-state index contributed by atoms with van der Waals surface area (Å²) in [5.74, 6) is 0.812. The third-order valence-corrected chi connectivity index (χ3v) is 5.69. The van der Waals surface area contributed by atoms with E-state index in [1.807, 2.05) is 36.7 Å². The van der Waals surface area contributed by atoms with Crippen molar-refractivity contribution in [3.8, 4) is 11.4 Å². The Morgan fingerprint density at radius 2 is 1.96 bits per heavy atom. The van der Waals surface area contributed by atoms with Gasteiger partial charge in [-0.3, -0.25) is 14.5 Å². The molecule has 3 heterocycles. The highest BCUT2D eigenvalue weighted by Gasteiger charge is 2.44. The summed E-state index contributed by atoms with van der Waals surface area (Å²) in [7, 11) is 3.35. The predicted molar refractivity (Wildman–Crippen MR) is 103 cm³/mol. The van der Waals surface area contributed by atoms with Crippen LogP contribution in [0.4, 0.5) is 0 Å². The van der Waals surface area contributed by atoms with E-state index in [2.05, 4.69) is 10.00 Å². The fourth-order valence-corrected chi connectivity index (χ4v) is 3.94. The molecule has 1 aromatic heterocycles. The third-order valence-electron chi connectivity index (χ3n) is 5.69. The molecule has 0 bridgehead atoms. The minimum Gasteiger partial charge on any atom is -0.494 e. The number of benzene rings is 1. The molecule has 2 fully saturated rings. The number of aromatic nitrogens is 2. The molecule has 148 valence electrons. The molecule has 0 unspecified atom stereocenters. The van der Waals surface area contributed by atoms with Crippen molar-refractivity contribution in [2.75, 3.05) is 33.8 Å². The summed E-state index contributed by atoms with van der Waals surface area (Å²) in [6, 6.07) is 6.95. The van der Waals surface area contributed by atoms with Gasteiger partial charge in [0.2, 0.25) is 11.8 Å². The lowest BCUT2D eigenvalue weighted by molar-refractivity contribution is -0.163. The Labute approximate surface area is 164 Å². The van der Waals surface area contributed by atoms with E-state index < -0.39 is 6.04 Å². The molecule has 28 heavy (non-hydrogen) atoms. The van der Waals surface area contributed by atoms with Gasteiger partial charge in [0.25, 0.3) is 0 Å². The van der Waals surface area contributed by atoms with Crippen molar-refractivity contribution in [3.63, 3.8) is 0 Å². The second kappa shape index (κ2) is 7.27. The summed E-state index contributed by atoms with van der Waals surface area (Å²) < 4.78 is 7.21. The zero-order valence-corrected chi connectivity index (χ0v) is 16.4. The number of fused-ring (bicyclic) bond motifs is 1. The first kappa shape index (κ1) is 18.5. The van der Waals surface area contributed by atoms with Crippen LogP contribution >= 0.6 is 0 Å². The van der Waals surface area contributed by atoms with Crippen molar-refractivity contribution in [1.29, 1.82) is 0 Å². The van der Waals surface area contributed by atoms with Crippen LogP contribution in [0, 0.1) is 0 Å². The quantitative estimate of drug-likeness (QED) is 0.779.